The molecule has 4 heteroatoms. The molecule has 3 rings (SSSR count). The Morgan fingerprint density at radius 1 is 1.17 bits per heavy atom. The molecule has 3 aromatic rings. The normalized spacial score (nSPS) is 10.9. The Labute approximate surface area is 139 Å². The average molecular weight is 326 g/mol. The van der Waals surface area contributed by atoms with Crippen LogP contribution in [0.25, 0.3) is 10.1 Å². The summed E-state index contributed by atoms with van der Waals surface area (Å²) in [7, 11) is 0. The van der Waals surface area contributed by atoms with E-state index in [9.17, 15) is 9.90 Å². The number of carbonyl (C=O) groups is 1. The lowest BCUT2D eigenvalue weighted by atomic mass is 10.0. The molecule has 1 aromatic heterocycles. The third-order valence-electron chi connectivity index (χ3n) is 3.74. The number of carbonyl (C=O) groups excluding carboxylic acids is 1. The number of hydrogen-bond acceptors (Lipinski definition) is 4. The summed E-state index contributed by atoms with van der Waals surface area (Å²) in [6.45, 7) is 4.01. The number of hydrogen-bond donors (Lipinski definition) is 1. The van der Waals surface area contributed by atoms with Gasteiger partial charge in [-0.05, 0) is 43.5 Å². The first-order valence-corrected chi connectivity index (χ1v) is 8.37. The molecule has 23 heavy (non-hydrogen) atoms. The maximum atomic E-state index is 12.2. The van der Waals surface area contributed by atoms with E-state index in [0.29, 0.717) is 18.6 Å². The van der Waals surface area contributed by atoms with E-state index in [-0.39, 0.29) is 11.7 Å². The highest BCUT2D eigenvalue weighted by Crippen LogP contribution is 2.38. The minimum atomic E-state index is -0.326. The van der Waals surface area contributed by atoms with Gasteiger partial charge >= 0.3 is 5.97 Å². The van der Waals surface area contributed by atoms with Crippen molar-refractivity contribution in [2.75, 3.05) is 6.61 Å². The Bertz CT molecular complexity index is 850. The van der Waals surface area contributed by atoms with Crippen molar-refractivity contribution in [2.24, 2.45) is 0 Å². The number of phenolic OH excluding ortho intramolecular Hbond substituents is 1. The van der Waals surface area contributed by atoms with E-state index in [2.05, 4.69) is 0 Å². The average Bonchev–Trinajstić information content (AvgIpc) is 2.85. The lowest BCUT2D eigenvalue weighted by Gasteiger charge is -2.06. The molecule has 0 aliphatic heterocycles. The maximum absolute atomic E-state index is 12.2. The fraction of sp³-hybridized carbons (Fsp3) is 0.211. The van der Waals surface area contributed by atoms with Crippen molar-refractivity contribution in [1.82, 2.24) is 0 Å². The second-order valence-electron chi connectivity index (χ2n) is 5.41. The highest BCUT2D eigenvalue weighted by molar-refractivity contribution is 7.19. The Kier molecular flexibility index (Phi) is 4.35. The van der Waals surface area contributed by atoms with Gasteiger partial charge in [-0.25, -0.2) is 4.79 Å². The second kappa shape index (κ2) is 6.42. The van der Waals surface area contributed by atoms with E-state index >= 15 is 0 Å². The number of aromatic hydroxyl groups is 1. The minimum Gasteiger partial charge on any atom is -0.506 e. The van der Waals surface area contributed by atoms with Gasteiger partial charge in [0.05, 0.1) is 16.9 Å². The summed E-state index contributed by atoms with van der Waals surface area (Å²) < 4.78 is 5.90. The fourth-order valence-electron chi connectivity index (χ4n) is 2.75. The van der Waals surface area contributed by atoms with Crippen molar-refractivity contribution in [2.45, 2.75) is 20.3 Å². The largest absolute Gasteiger partial charge is 0.506 e. The van der Waals surface area contributed by atoms with Crippen molar-refractivity contribution in [3.63, 3.8) is 0 Å². The van der Waals surface area contributed by atoms with Crippen LogP contribution in [0.3, 0.4) is 0 Å². The molecule has 0 radical (unpaired) electrons. The first-order chi connectivity index (χ1) is 11.1. The molecular formula is C19H18O3S. The monoisotopic (exact) mass is 326 g/mol. The van der Waals surface area contributed by atoms with Gasteiger partial charge < -0.3 is 9.84 Å². The first kappa shape index (κ1) is 15.6. The summed E-state index contributed by atoms with van der Waals surface area (Å²) in [5.74, 6) is -0.107. The summed E-state index contributed by atoms with van der Waals surface area (Å²) >= 11 is 1.42. The number of aryl methyl sites for hydroxylation is 1. The van der Waals surface area contributed by atoms with Crippen molar-refractivity contribution in [3.8, 4) is 5.75 Å². The zero-order valence-corrected chi connectivity index (χ0v) is 13.9. The van der Waals surface area contributed by atoms with Gasteiger partial charge in [0, 0.05) is 10.3 Å². The predicted octanol–water partition coefficient (Wildman–Crippen LogP) is 4.68. The van der Waals surface area contributed by atoms with Crippen LogP contribution in [0.1, 0.15) is 33.3 Å². The van der Waals surface area contributed by atoms with Crippen molar-refractivity contribution in [1.29, 1.82) is 0 Å². The molecular weight excluding hydrogens is 308 g/mol. The Hall–Kier alpha value is -2.33. The lowest BCUT2D eigenvalue weighted by Crippen LogP contribution is -2.05. The van der Waals surface area contributed by atoms with Crippen LogP contribution in [-0.4, -0.2) is 17.7 Å². The van der Waals surface area contributed by atoms with Crippen LogP contribution in [0.5, 0.6) is 5.75 Å². The van der Waals surface area contributed by atoms with E-state index in [4.69, 9.17) is 4.74 Å². The second-order valence-corrected chi connectivity index (χ2v) is 6.63. The molecule has 0 aliphatic rings. The van der Waals surface area contributed by atoms with Gasteiger partial charge in [0.2, 0.25) is 0 Å². The third-order valence-corrected chi connectivity index (χ3v) is 4.88. The zero-order chi connectivity index (χ0) is 16.4. The highest BCUT2D eigenvalue weighted by atomic mass is 32.1. The van der Waals surface area contributed by atoms with Crippen LogP contribution in [0, 0.1) is 6.92 Å². The van der Waals surface area contributed by atoms with Crippen LogP contribution < -0.4 is 0 Å². The Morgan fingerprint density at radius 2 is 1.91 bits per heavy atom. The van der Waals surface area contributed by atoms with E-state index in [0.717, 1.165) is 26.1 Å². The van der Waals surface area contributed by atoms with Crippen LogP contribution in [-0.2, 0) is 11.2 Å². The van der Waals surface area contributed by atoms with Gasteiger partial charge in [-0.15, -0.1) is 11.3 Å². The van der Waals surface area contributed by atoms with Gasteiger partial charge in [-0.2, -0.15) is 0 Å². The smallest absolute Gasteiger partial charge is 0.339 e. The molecule has 118 valence electrons. The summed E-state index contributed by atoms with van der Waals surface area (Å²) in [5.41, 5.74) is 2.71. The van der Waals surface area contributed by atoms with Crippen LogP contribution in [0.2, 0.25) is 0 Å². The van der Waals surface area contributed by atoms with Gasteiger partial charge in [-0.1, -0.05) is 30.3 Å². The number of esters is 1. The molecule has 2 aromatic carbocycles. The fourth-order valence-corrected chi connectivity index (χ4v) is 3.79. The van der Waals surface area contributed by atoms with Crippen molar-refractivity contribution >= 4 is 27.4 Å². The molecule has 0 fully saturated rings. The van der Waals surface area contributed by atoms with E-state index in [1.807, 2.05) is 43.3 Å². The maximum Gasteiger partial charge on any atom is 0.339 e. The van der Waals surface area contributed by atoms with E-state index in [1.54, 1.807) is 13.0 Å². The highest BCUT2D eigenvalue weighted by Gasteiger charge is 2.20. The van der Waals surface area contributed by atoms with Gasteiger partial charge in [-0.3, -0.25) is 0 Å². The van der Waals surface area contributed by atoms with Gasteiger partial charge in [0.15, 0.2) is 0 Å². The topological polar surface area (TPSA) is 46.5 Å². The first-order valence-electron chi connectivity index (χ1n) is 7.56. The summed E-state index contributed by atoms with van der Waals surface area (Å²) in [4.78, 5) is 13.1. The molecule has 0 amide bonds. The van der Waals surface area contributed by atoms with Crippen LogP contribution in [0.15, 0.2) is 42.5 Å². The zero-order valence-electron chi connectivity index (χ0n) is 13.1. The molecule has 0 unspecified atom stereocenters. The third kappa shape index (κ3) is 3.08. The molecule has 0 bridgehead atoms. The number of phenols is 1. The van der Waals surface area contributed by atoms with Gasteiger partial charge in [0.1, 0.15) is 5.75 Å². The van der Waals surface area contributed by atoms with Crippen molar-refractivity contribution in [3.05, 3.63) is 64.0 Å². The molecule has 0 spiro atoms. The number of fused-ring (bicyclic) bond motifs is 1. The van der Waals surface area contributed by atoms with Gasteiger partial charge in [0.25, 0.3) is 0 Å². The summed E-state index contributed by atoms with van der Waals surface area (Å²) in [6, 6.07) is 13.8. The number of benzene rings is 2. The standard InChI is InChI=1S/C19H18O3S/c1-3-22-19(21)17-12(2)23-18-15(17)10-14(11-16(18)20)9-13-7-5-4-6-8-13/h4-8,10-11,20H,3,9H2,1-2H3. The van der Waals surface area contributed by atoms with Crippen molar-refractivity contribution < 1.29 is 14.6 Å². The molecule has 0 saturated carbocycles. The number of thiophene rings is 1. The summed E-state index contributed by atoms with van der Waals surface area (Å²) in [5, 5.41) is 11.1. The predicted molar refractivity (Wildman–Crippen MR) is 93.4 cm³/mol. The molecule has 1 N–H and O–H groups in total. The molecule has 0 atom stereocenters. The molecule has 3 nitrogen and oxygen atoms in total. The van der Waals surface area contributed by atoms with E-state index < -0.39 is 0 Å². The van der Waals surface area contributed by atoms with E-state index in [1.165, 1.54) is 11.3 Å². The Balaban J connectivity index is 2.08. The van der Waals surface area contributed by atoms with Crippen LogP contribution >= 0.6 is 11.3 Å². The SMILES string of the molecule is CCOC(=O)c1c(C)sc2c(O)cc(Cc3ccccc3)cc12. The van der Waals surface area contributed by atoms with Crippen LogP contribution in [0.4, 0.5) is 0 Å². The molecule has 1 heterocycles. The molecule has 0 saturated heterocycles. The minimum absolute atomic E-state index is 0.220. The Morgan fingerprint density at radius 3 is 2.61 bits per heavy atom. The number of ether oxygens (including phenoxy) is 1. The summed E-state index contributed by atoms with van der Waals surface area (Å²) in [6.07, 6.45) is 0.710. The lowest BCUT2D eigenvalue weighted by molar-refractivity contribution is 0.0528. The number of rotatable bonds is 4. The molecule has 0 aliphatic carbocycles. The quantitative estimate of drug-likeness (QED) is 0.708.